The Kier molecular flexibility index (Phi) is 5.55. The lowest BCUT2D eigenvalue weighted by molar-refractivity contribution is -0.428. The zero-order valence-electron chi connectivity index (χ0n) is 20.4. The zero-order chi connectivity index (χ0) is 27.8. The lowest BCUT2D eigenvalue weighted by Gasteiger charge is -2.50. The van der Waals surface area contributed by atoms with Gasteiger partial charge in [-0.2, -0.15) is 0 Å². The molecule has 1 fully saturated rings. The van der Waals surface area contributed by atoms with Gasteiger partial charge in [0.25, 0.3) is 11.6 Å². The van der Waals surface area contributed by atoms with Crippen molar-refractivity contribution >= 4 is 28.9 Å². The molecule has 0 radical (unpaired) electrons. The van der Waals surface area contributed by atoms with Crippen LogP contribution in [0.2, 0.25) is 0 Å². The van der Waals surface area contributed by atoms with Crippen LogP contribution in [0.4, 0.5) is 5.69 Å². The topological polar surface area (TPSA) is 198 Å². The second-order valence-electron chi connectivity index (χ2n) is 9.99. The number of nitrogens with zero attached hydrogens (tertiary/aromatic N) is 1. The summed E-state index contributed by atoms with van der Waals surface area (Å²) in [6, 6.07) is 9.59. The van der Waals surface area contributed by atoms with Crippen molar-refractivity contribution in [2.24, 2.45) is 17.6 Å². The summed E-state index contributed by atoms with van der Waals surface area (Å²) in [6.07, 6.45) is -2.24. The van der Waals surface area contributed by atoms with Gasteiger partial charge in [-0.3, -0.25) is 14.4 Å². The van der Waals surface area contributed by atoms with Crippen molar-refractivity contribution in [3.05, 3.63) is 69.3 Å². The first-order valence-corrected chi connectivity index (χ1v) is 11.8. The predicted octanol–water partition coefficient (Wildman–Crippen LogP) is 1.66. The second kappa shape index (κ2) is 8.33. The molecule has 11 nitrogen and oxygen atoms in total. The smallest absolute Gasteiger partial charge is 0.255 e. The van der Waals surface area contributed by atoms with Gasteiger partial charge in [-0.1, -0.05) is 6.92 Å². The predicted molar refractivity (Wildman–Crippen MR) is 132 cm³/mol. The van der Waals surface area contributed by atoms with Gasteiger partial charge >= 0.3 is 0 Å². The maximum atomic E-state index is 13.7. The Morgan fingerprint density at radius 1 is 1.08 bits per heavy atom. The average molecular weight is 522 g/mol. The van der Waals surface area contributed by atoms with Crippen LogP contribution in [0.1, 0.15) is 30.4 Å². The number of aliphatic hydroxyl groups is 4. The molecule has 0 saturated heterocycles. The number of benzene rings is 2. The van der Waals surface area contributed by atoms with E-state index in [0.717, 1.165) is 0 Å². The average Bonchev–Trinajstić information content (AvgIpc) is 2.86. The van der Waals surface area contributed by atoms with Crippen molar-refractivity contribution in [1.82, 2.24) is 0 Å². The standard InChI is InChI=1S/C27H24N2O9/c1-10-14-7-12(11-3-5-13(6-4-11)29(2)38)8-16(30)19(14)23(33)21-18(10)22(32)15-9-17(31)20(26(28)36)24(34)27(15,37)25(21)35/h3-8,10,15,18,22,32,37H,9H2,1-2H3,(H4-,28,30,31,33,34,35,36)/p+1/t10-,15+,18+,22+,27+/m0/s1. The van der Waals surface area contributed by atoms with Crippen molar-refractivity contribution < 1.29 is 44.7 Å². The molecule has 2 aromatic rings. The molecule has 5 atom stereocenters. The number of phenolic OH excluding ortho intramolecular Hbond substituents is 1. The van der Waals surface area contributed by atoms with E-state index in [9.17, 15) is 44.8 Å². The highest BCUT2D eigenvalue weighted by Gasteiger charge is 2.64. The molecule has 38 heavy (non-hydrogen) atoms. The summed E-state index contributed by atoms with van der Waals surface area (Å²) in [4.78, 5) is 49.5. The number of aromatic hydroxyl groups is 1. The summed E-state index contributed by atoms with van der Waals surface area (Å²) in [5.41, 5.74) is 2.85. The monoisotopic (exact) mass is 521 g/mol. The van der Waals surface area contributed by atoms with E-state index in [-0.39, 0.29) is 11.3 Å². The van der Waals surface area contributed by atoms with Gasteiger partial charge in [-0.15, -0.1) is 0 Å². The molecule has 3 aliphatic rings. The highest BCUT2D eigenvalue weighted by molar-refractivity contribution is 6.23. The highest BCUT2D eigenvalue weighted by Crippen LogP contribution is 2.56. The van der Waals surface area contributed by atoms with Crippen LogP contribution in [0.3, 0.4) is 0 Å². The largest absolute Gasteiger partial charge is 0.508 e. The van der Waals surface area contributed by atoms with Gasteiger partial charge in [0.15, 0.2) is 18.4 Å². The number of primary amides is 1. The van der Waals surface area contributed by atoms with Gasteiger partial charge in [-0.25, -0.2) is 0 Å². The van der Waals surface area contributed by atoms with Gasteiger partial charge in [0.1, 0.15) is 22.8 Å². The Hall–Kier alpha value is -4.35. The summed E-state index contributed by atoms with van der Waals surface area (Å²) in [5, 5.41) is 55.5. The first-order valence-electron chi connectivity index (χ1n) is 11.8. The first kappa shape index (κ1) is 25.3. The van der Waals surface area contributed by atoms with Crippen LogP contribution in [0.5, 0.6) is 5.75 Å². The van der Waals surface area contributed by atoms with E-state index in [1.807, 2.05) is 0 Å². The van der Waals surface area contributed by atoms with E-state index >= 15 is 0 Å². The SMILES string of the molecule is C[C@H]1c2cc(-c3ccc([N+](C)=O)cc3)cc(O)c2C(O)=C2C(=O)[C@]3(O)C(O)=C(C(N)=O)C(=O)C[C@@H]3[C@@H](O)[C@@H]21. The number of fused-ring (bicyclic) bond motifs is 3. The number of nitroso groups, excluding NO2 is 1. The van der Waals surface area contributed by atoms with E-state index < -0.39 is 76.0 Å². The van der Waals surface area contributed by atoms with Crippen LogP contribution >= 0.6 is 0 Å². The maximum absolute atomic E-state index is 13.7. The number of carbonyl (C=O) groups excluding carboxylic acids is 3. The van der Waals surface area contributed by atoms with Gasteiger partial charge in [0.05, 0.1) is 11.7 Å². The summed E-state index contributed by atoms with van der Waals surface area (Å²) < 4.78 is 0.693. The lowest BCUT2D eigenvalue weighted by atomic mass is 9.55. The number of ketones is 2. The van der Waals surface area contributed by atoms with Crippen molar-refractivity contribution in [2.75, 3.05) is 7.05 Å². The van der Waals surface area contributed by atoms with E-state index in [1.165, 1.54) is 13.1 Å². The van der Waals surface area contributed by atoms with E-state index in [0.29, 0.717) is 27.1 Å². The van der Waals surface area contributed by atoms with Crippen molar-refractivity contribution in [3.8, 4) is 16.9 Å². The minimum absolute atomic E-state index is 0.0866. The molecule has 11 heteroatoms. The van der Waals surface area contributed by atoms with Crippen LogP contribution in [0, 0.1) is 16.7 Å². The zero-order valence-corrected chi connectivity index (χ0v) is 20.4. The normalized spacial score (nSPS) is 28.5. The summed E-state index contributed by atoms with van der Waals surface area (Å²) in [6.45, 7) is 1.66. The Morgan fingerprint density at radius 2 is 1.71 bits per heavy atom. The van der Waals surface area contributed by atoms with Gasteiger partial charge in [-0.05, 0) is 46.9 Å². The van der Waals surface area contributed by atoms with E-state index in [4.69, 9.17) is 5.73 Å². The molecule has 196 valence electrons. The number of hydrogen-bond acceptors (Lipinski definition) is 9. The third-order valence-corrected chi connectivity index (χ3v) is 8.00. The summed E-state index contributed by atoms with van der Waals surface area (Å²) in [5.74, 6) is -9.13. The molecule has 0 aliphatic heterocycles. The number of phenols is 1. The minimum Gasteiger partial charge on any atom is -0.508 e. The molecule has 0 unspecified atom stereocenters. The molecule has 0 bridgehead atoms. The van der Waals surface area contributed by atoms with Crippen molar-refractivity contribution in [3.63, 3.8) is 0 Å². The van der Waals surface area contributed by atoms with Gasteiger partial charge in [0.2, 0.25) is 5.78 Å². The Morgan fingerprint density at radius 3 is 2.29 bits per heavy atom. The lowest BCUT2D eigenvalue weighted by Crippen LogP contribution is -2.63. The fourth-order valence-corrected chi connectivity index (χ4v) is 6.06. The summed E-state index contributed by atoms with van der Waals surface area (Å²) >= 11 is 0. The highest BCUT2D eigenvalue weighted by atomic mass is 16.4. The maximum Gasteiger partial charge on any atom is 0.255 e. The fraction of sp³-hybridized carbons (Fsp3) is 0.296. The number of amides is 1. The third-order valence-electron chi connectivity index (χ3n) is 8.00. The van der Waals surface area contributed by atoms with Crippen LogP contribution < -0.4 is 5.73 Å². The van der Waals surface area contributed by atoms with Crippen LogP contribution in [-0.2, 0) is 14.4 Å². The Labute approximate surface area is 215 Å². The van der Waals surface area contributed by atoms with Crippen LogP contribution in [0.25, 0.3) is 16.9 Å². The minimum atomic E-state index is -2.87. The molecule has 2 aromatic carbocycles. The van der Waals surface area contributed by atoms with Gasteiger partial charge in [0, 0.05) is 45.6 Å². The molecule has 0 aromatic heterocycles. The number of carbonyl (C=O) groups is 3. The Bertz CT molecular complexity index is 1520. The van der Waals surface area contributed by atoms with Crippen molar-refractivity contribution in [1.29, 1.82) is 0 Å². The molecule has 5 rings (SSSR count). The third kappa shape index (κ3) is 3.25. The quantitative estimate of drug-likeness (QED) is 0.257. The molecule has 0 heterocycles. The summed E-state index contributed by atoms with van der Waals surface area (Å²) in [7, 11) is 1.36. The van der Waals surface area contributed by atoms with Crippen molar-refractivity contribution in [2.45, 2.75) is 31.0 Å². The Balaban J connectivity index is 1.69. The van der Waals surface area contributed by atoms with E-state index in [2.05, 4.69) is 0 Å². The molecule has 0 spiro atoms. The van der Waals surface area contributed by atoms with Crippen LogP contribution in [0.15, 0.2) is 53.3 Å². The van der Waals surface area contributed by atoms with Crippen LogP contribution in [-0.4, -0.2) is 66.5 Å². The fourth-order valence-electron chi connectivity index (χ4n) is 6.06. The first-order chi connectivity index (χ1) is 17.8. The van der Waals surface area contributed by atoms with E-state index in [1.54, 1.807) is 37.3 Å². The van der Waals surface area contributed by atoms with Gasteiger partial charge < -0.3 is 31.3 Å². The number of Topliss-reactive ketones (excluding diaryl/α,β-unsaturated/α-hetero) is 2. The number of rotatable bonds is 3. The molecule has 3 aliphatic carbocycles. The number of aliphatic hydroxyl groups excluding tert-OH is 3. The molecule has 1 amide bonds. The second-order valence-corrected chi connectivity index (χ2v) is 9.99. The molecular formula is C27H25N2O9+. The molecular weight excluding hydrogens is 496 g/mol. The molecule has 7 N–H and O–H groups in total. The molecule has 1 saturated carbocycles. The number of nitrogens with two attached hydrogens (primary N) is 1. The number of hydrogen-bond donors (Lipinski definition) is 6.